The van der Waals surface area contributed by atoms with Crippen LogP contribution >= 0.6 is 0 Å². The maximum absolute atomic E-state index is 10.5. The van der Waals surface area contributed by atoms with E-state index in [9.17, 15) is 4.79 Å². The number of rotatable bonds is 4. The van der Waals surface area contributed by atoms with Crippen molar-refractivity contribution in [3.05, 3.63) is 42.1 Å². The molecular weight excluding hydrogens is 246 g/mol. The number of carboxylic acid groups (broad SMARTS) is 1. The maximum atomic E-state index is 10.5. The zero-order valence-electron chi connectivity index (χ0n) is 10.6. The molecule has 0 aliphatic rings. The summed E-state index contributed by atoms with van der Waals surface area (Å²) in [5.41, 5.74) is 2.15. The van der Waals surface area contributed by atoms with Crippen molar-refractivity contribution in [2.45, 2.75) is 6.92 Å². The Morgan fingerprint density at radius 1 is 1.47 bits per heavy atom. The van der Waals surface area contributed by atoms with E-state index in [0.717, 1.165) is 17.5 Å². The Morgan fingerprint density at radius 2 is 2.26 bits per heavy atom. The molecule has 2 aromatic heterocycles. The zero-order valence-corrected chi connectivity index (χ0v) is 10.6. The normalized spacial score (nSPS) is 10.8. The zero-order chi connectivity index (χ0) is 13.8. The van der Waals surface area contributed by atoms with Gasteiger partial charge in [0.2, 0.25) is 5.88 Å². The van der Waals surface area contributed by atoms with Crippen LogP contribution in [-0.2, 0) is 4.79 Å². The third-order valence-corrected chi connectivity index (χ3v) is 2.44. The molecular formula is C13H13N3O3. The summed E-state index contributed by atoms with van der Waals surface area (Å²) in [5, 5.41) is 8.58. The second-order valence-corrected chi connectivity index (χ2v) is 3.86. The van der Waals surface area contributed by atoms with Crippen LogP contribution in [0.1, 0.15) is 11.4 Å². The van der Waals surface area contributed by atoms with E-state index in [1.807, 2.05) is 13.1 Å². The van der Waals surface area contributed by atoms with Gasteiger partial charge in [-0.2, -0.15) is 0 Å². The van der Waals surface area contributed by atoms with Gasteiger partial charge in [-0.05, 0) is 25.1 Å². The smallest absolute Gasteiger partial charge is 0.328 e. The quantitative estimate of drug-likeness (QED) is 0.845. The van der Waals surface area contributed by atoms with Crippen LogP contribution < -0.4 is 4.74 Å². The lowest BCUT2D eigenvalue weighted by molar-refractivity contribution is -0.131. The highest BCUT2D eigenvalue weighted by atomic mass is 16.5. The van der Waals surface area contributed by atoms with Crippen LogP contribution in [0.25, 0.3) is 11.8 Å². The molecule has 2 rings (SSSR count). The largest absolute Gasteiger partial charge is 0.479 e. The molecule has 0 saturated heterocycles. The van der Waals surface area contributed by atoms with E-state index in [1.54, 1.807) is 23.0 Å². The van der Waals surface area contributed by atoms with Crippen molar-refractivity contribution < 1.29 is 14.6 Å². The molecule has 0 amide bonds. The molecule has 1 N–H and O–H groups in total. The molecule has 0 aromatic carbocycles. The van der Waals surface area contributed by atoms with Gasteiger partial charge >= 0.3 is 5.97 Å². The summed E-state index contributed by atoms with van der Waals surface area (Å²) in [6.07, 6.45) is 5.96. The minimum Gasteiger partial charge on any atom is -0.479 e. The average Bonchev–Trinajstić information content (AvgIpc) is 2.82. The minimum absolute atomic E-state index is 0.407. The monoisotopic (exact) mass is 259 g/mol. The van der Waals surface area contributed by atoms with Crippen molar-refractivity contribution in [2.75, 3.05) is 7.11 Å². The van der Waals surface area contributed by atoms with Gasteiger partial charge in [-0.15, -0.1) is 0 Å². The van der Waals surface area contributed by atoms with Gasteiger partial charge in [0.15, 0.2) is 0 Å². The second kappa shape index (κ2) is 5.34. The summed E-state index contributed by atoms with van der Waals surface area (Å²) in [6.45, 7) is 1.89. The van der Waals surface area contributed by atoms with Crippen molar-refractivity contribution in [2.24, 2.45) is 0 Å². The average molecular weight is 259 g/mol. The van der Waals surface area contributed by atoms with Crippen molar-refractivity contribution in [3.63, 3.8) is 0 Å². The number of aryl methyl sites for hydroxylation is 1. The van der Waals surface area contributed by atoms with E-state index < -0.39 is 5.97 Å². The second-order valence-electron chi connectivity index (χ2n) is 3.86. The van der Waals surface area contributed by atoms with E-state index in [-0.39, 0.29) is 0 Å². The Bertz CT molecular complexity index is 632. The van der Waals surface area contributed by atoms with E-state index in [2.05, 4.69) is 9.97 Å². The topological polar surface area (TPSA) is 77.2 Å². The number of hydrogen-bond donors (Lipinski definition) is 1. The molecule has 0 bridgehead atoms. The van der Waals surface area contributed by atoms with Crippen LogP contribution in [-0.4, -0.2) is 32.7 Å². The number of imidazole rings is 1. The highest BCUT2D eigenvalue weighted by Crippen LogP contribution is 2.21. The molecule has 0 spiro atoms. The van der Waals surface area contributed by atoms with Crippen LogP contribution in [0.15, 0.2) is 30.7 Å². The number of carboxylic acids is 1. The van der Waals surface area contributed by atoms with Gasteiger partial charge in [0, 0.05) is 12.3 Å². The molecule has 2 aromatic rings. The van der Waals surface area contributed by atoms with Crippen molar-refractivity contribution >= 4 is 12.0 Å². The van der Waals surface area contributed by atoms with Crippen LogP contribution in [0.2, 0.25) is 0 Å². The number of methoxy groups -OCH3 is 1. The molecule has 0 aliphatic heterocycles. The van der Waals surface area contributed by atoms with Crippen molar-refractivity contribution in [1.29, 1.82) is 0 Å². The first-order valence-corrected chi connectivity index (χ1v) is 5.57. The standard InChI is InChI=1S/C13H13N3O3/c1-9-7-16(8-14-9)11-5-3-10(4-6-12(17)18)15-13(11)19-2/h3-8H,1-2H3,(H,17,18)/b6-4+. The predicted molar refractivity (Wildman–Crippen MR) is 69.3 cm³/mol. The number of aromatic nitrogens is 3. The maximum Gasteiger partial charge on any atom is 0.328 e. The molecule has 0 saturated carbocycles. The minimum atomic E-state index is -1.02. The van der Waals surface area contributed by atoms with Crippen LogP contribution in [0.5, 0.6) is 5.88 Å². The predicted octanol–water partition coefficient (Wildman–Crippen LogP) is 1.68. The van der Waals surface area contributed by atoms with Gasteiger partial charge in [-0.1, -0.05) is 0 Å². The van der Waals surface area contributed by atoms with E-state index in [0.29, 0.717) is 11.6 Å². The summed E-state index contributed by atoms with van der Waals surface area (Å²) in [7, 11) is 1.51. The Morgan fingerprint density at radius 3 is 2.84 bits per heavy atom. The molecule has 2 heterocycles. The lowest BCUT2D eigenvalue weighted by Gasteiger charge is -2.08. The molecule has 19 heavy (non-hydrogen) atoms. The molecule has 0 aliphatic carbocycles. The third kappa shape index (κ3) is 2.98. The van der Waals surface area contributed by atoms with Gasteiger partial charge in [-0.3, -0.25) is 0 Å². The number of pyridine rings is 1. The first kappa shape index (κ1) is 12.8. The summed E-state index contributed by atoms with van der Waals surface area (Å²) < 4.78 is 7.01. The molecule has 6 heteroatoms. The Labute approximate surface area is 110 Å². The summed E-state index contributed by atoms with van der Waals surface area (Å²) in [6, 6.07) is 3.51. The van der Waals surface area contributed by atoms with Gasteiger partial charge in [0.1, 0.15) is 5.69 Å². The number of nitrogens with zero attached hydrogens (tertiary/aromatic N) is 3. The number of aliphatic carboxylic acids is 1. The van der Waals surface area contributed by atoms with E-state index in [4.69, 9.17) is 9.84 Å². The SMILES string of the molecule is COc1nc(/C=C/C(=O)O)ccc1-n1cnc(C)c1. The Hall–Kier alpha value is -2.63. The van der Waals surface area contributed by atoms with E-state index in [1.165, 1.54) is 13.2 Å². The van der Waals surface area contributed by atoms with E-state index >= 15 is 0 Å². The molecule has 0 atom stereocenters. The molecule has 0 radical (unpaired) electrons. The number of ether oxygens (including phenoxy) is 1. The first-order chi connectivity index (χ1) is 9.10. The Kier molecular flexibility index (Phi) is 3.61. The number of carbonyl (C=O) groups is 1. The molecule has 98 valence electrons. The highest BCUT2D eigenvalue weighted by Gasteiger charge is 2.08. The molecule has 0 fully saturated rings. The van der Waals surface area contributed by atoms with Gasteiger partial charge < -0.3 is 14.4 Å². The fraction of sp³-hybridized carbons (Fsp3) is 0.154. The van der Waals surface area contributed by atoms with Crippen molar-refractivity contribution in [3.8, 4) is 11.6 Å². The first-order valence-electron chi connectivity index (χ1n) is 5.57. The van der Waals surface area contributed by atoms with Crippen LogP contribution in [0, 0.1) is 6.92 Å². The number of hydrogen-bond acceptors (Lipinski definition) is 4. The molecule has 6 nitrogen and oxygen atoms in total. The van der Waals surface area contributed by atoms with Gasteiger partial charge in [0.05, 0.1) is 24.8 Å². The summed E-state index contributed by atoms with van der Waals surface area (Å²) in [4.78, 5) is 18.8. The Balaban J connectivity index is 2.39. The fourth-order valence-electron chi connectivity index (χ4n) is 1.60. The molecule has 0 unspecified atom stereocenters. The lowest BCUT2D eigenvalue weighted by Crippen LogP contribution is -1.99. The third-order valence-electron chi connectivity index (χ3n) is 2.44. The highest BCUT2D eigenvalue weighted by molar-refractivity contribution is 5.84. The summed E-state index contributed by atoms with van der Waals surface area (Å²) >= 11 is 0. The van der Waals surface area contributed by atoms with Gasteiger partial charge in [-0.25, -0.2) is 14.8 Å². The van der Waals surface area contributed by atoms with Gasteiger partial charge in [0.25, 0.3) is 0 Å². The fourth-order valence-corrected chi connectivity index (χ4v) is 1.60. The van der Waals surface area contributed by atoms with Crippen LogP contribution in [0.3, 0.4) is 0 Å². The lowest BCUT2D eigenvalue weighted by atomic mass is 10.3. The summed E-state index contributed by atoms with van der Waals surface area (Å²) in [5.74, 6) is -0.611. The van der Waals surface area contributed by atoms with Crippen molar-refractivity contribution in [1.82, 2.24) is 14.5 Å². The van der Waals surface area contributed by atoms with Crippen LogP contribution in [0.4, 0.5) is 0 Å².